The number of rotatable bonds is 12. The summed E-state index contributed by atoms with van der Waals surface area (Å²) >= 11 is 13.1. The van der Waals surface area contributed by atoms with Gasteiger partial charge in [0.2, 0.25) is 5.91 Å². The van der Waals surface area contributed by atoms with Gasteiger partial charge in [0, 0.05) is 16.4 Å². The topological polar surface area (TPSA) is 107 Å². The summed E-state index contributed by atoms with van der Waals surface area (Å²) in [5.41, 5.74) is 1.19. The van der Waals surface area contributed by atoms with Gasteiger partial charge in [-0.15, -0.1) is 10.2 Å². The quantitative estimate of drug-likeness (QED) is 0.205. The number of amides is 2. The molecule has 0 saturated carbocycles. The highest BCUT2D eigenvalue weighted by atomic mass is 35.5. The molecule has 40 heavy (non-hydrogen) atoms. The van der Waals surface area contributed by atoms with Crippen molar-refractivity contribution in [3.63, 3.8) is 0 Å². The van der Waals surface area contributed by atoms with Gasteiger partial charge in [-0.2, -0.15) is 0 Å². The molecule has 0 spiro atoms. The Morgan fingerprint density at radius 1 is 0.975 bits per heavy atom. The largest absolute Gasteiger partial charge is 0.494 e. The Bertz CT molecular complexity index is 1470. The maximum atomic E-state index is 13.6. The summed E-state index contributed by atoms with van der Waals surface area (Å²) in [6.45, 7) is 2.15. The van der Waals surface area contributed by atoms with Crippen LogP contribution in [0, 0.1) is 5.82 Å². The molecule has 9 nitrogen and oxygen atoms in total. The van der Waals surface area contributed by atoms with Crippen molar-refractivity contribution in [1.29, 1.82) is 0 Å². The number of halogens is 3. The molecule has 1 aromatic heterocycles. The first-order valence-electron chi connectivity index (χ1n) is 12.0. The molecule has 3 aromatic carbocycles. The van der Waals surface area contributed by atoms with Crippen LogP contribution < -0.4 is 20.1 Å². The summed E-state index contributed by atoms with van der Waals surface area (Å²) in [4.78, 5) is 25.0. The van der Waals surface area contributed by atoms with Crippen LogP contribution in [0.5, 0.6) is 11.5 Å². The first-order valence-corrected chi connectivity index (χ1v) is 13.8. The highest BCUT2D eigenvalue weighted by molar-refractivity contribution is 7.99. The van der Waals surface area contributed by atoms with E-state index in [2.05, 4.69) is 20.8 Å². The number of anilines is 1. The van der Waals surface area contributed by atoms with Crippen molar-refractivity contribution in [3.05, 3.63) is 88.4 Å². The van der Waals surface area contributed by atoms with E-state index >= 15 is 0 Å². The van der Waals surface area contributed by atoms with Gasteiger partial charge in [0.25, 0.3) is 5.91 Å². The van der Waals surface area contributed by atoms with Crippen LogP contribution in [-0.2, 0) is 16.1 Å². The van der Waals surface area contributed by atoms with Gasteiger partial charge >= 0.3 is 0 Å². The third-order valence-corrected chi connectivity index (χ3v) is 6.72. The molecule has 0 aliphatic rings. The van der Waals surface area contributed by atoms with Crippen LogP contribution >= 0.6 is 35.0 Å². The van der Waals surface area contributed by atoms with Crippen LogP contribution in [0.2, 0.25) is 10.0 Å². The first-order chi connectivity index (χ1) is 19.3. The fraction of sp³-hybridized carbons (Fsp3) is 0.185. The molecule has 0 aliphatic carbocycles. The zero-order chi connectivity index (χ0) is 28.5. The highest BCUT2D eigenvalue weighted by Crippen LogP contribution is 2.27. The standard InChI is InChI=1S/C27H24Cl2FN5O4S/c1-2-38-21-10-6-19(7-11-21)32-26(37)16-40-27-34-33-24(35(27)20-8-4-18(30)5-9-20)14-31-25(36)15-39-23-12-3-17(28)13-22(23)29/h3-13H,2,14-16H2,1H3,(H,31,36)(H,32,37). The van der Waals surface area contributed by atoms with Gasteiger partial charge in [-0.05, 0) is 73.7 Å². The SMILES string of the molecule is CCOc1ccc(NC(=O)CSc2nnc(CNC(=O)COc3ccc(Cl)cc3Cl)n2-c2ccc(F)cc2)cc1. The lowest BCUT2D eigenvalue weighted by Crippen LogP contribution is -2.29. The fourth-order valence-corrected chi connectivity index (χ4v) is 4.68. The van der Waals surface area contributed by atoms with Crippen LogP contribution in [0.15, 0.2) is 71.9 Å². The normalized spacial score (nSPS) is 10.7. The average molecular weight is 604 g/mol. The average Bonchev–Trinajstić information content (AvgIpc) is 3.34. The Labute approximate surface area is 244 Å². The van der Waals surface area contributed by atoms with Gasteiger partial charge in [0.05, 0.1) is 23.9 Å². The Morgan fingerprint density at radius 2 is 1.73 bits per heavy atom. The number of ether oxygens (including phenoxy) is 2. The summed E-state index contributed by atoms with van der Waals surface area (Å²) in [7, 11) is 0. The predicted molar refractivity (Wildman–Crippen MR) is 152 cm³/mol. The van der Waals surface area contributed by atoms with Crippen molar-refractivity contribution in [2.24, 2.45) is 0 Å². The molecule has 4 rings (SSSR count). The molecule has 13 heteroatoms. The number of nitrogens with zero attached hydrogens (tertiary/aromatic N) is 3. The van der Waals surface area contributed by atoms with E-state index in [-0.39, 0.29) is 29.8 Å². The smallest absolute Gasteiger partial charge is 0.258 e. The number of hydrogen-bond acceptors (Lipinski definition) is 7. The Balaban J connectivity index is 1.40. The van der Waals surface area contributed by atoms with Crippen LogP contribution in [0.1, 0.15) is 12.7 Å². The van der Waals surface area contributed by atoms with E-state index in [0.717, 1.165) is 11.8 Å². The number of carbonyl (C=O) groups is 2. The van der Waals surface area contributed by atoms with E-state index < -0.39 is 11.7 Å². The van der Waals surface area contributed by atoms with Crippen molar-refractivity contribution in [3.8, 4) is 17.2 Å². The number of hydrogen-bond donors (Lipinski definition) is 2. The van der Waals surface area contributed by atoms with Gasteiger partial charge in [-0.25, -0.2) is 4.39 Å². The minimum Gasteiger partial charge on any atom is -0.494 e. The maximum absolute atomic E-state index is 13.6. The van der Waals surface area contributed by atoms with Crippen molar-refractivity contribution in [1.82, 2.24) is 20.1 Å². The summed E-state index contributed by atoms with van der Waals surface area (Å²) in [5, 5.41) is 15.0. The van der Waals surface area contributed by atoms with E-state index in [1.807, 2.05) is 6.92 Å². The number of aromatic nitrogens is 3. The third-order valence-electron chi connectivity index (χ3n) is 5.26. The van der Waals surface area contributed by atoms with Gasteiger partial charge in [-0.1, -0.05) is 35.0 Å². The monoisotopic (exact) mass is 603 g/mol. The Hall–Kier alpha value is -3.80. The molecule has 208 valence electrons. The molecular weight excluding hydrogens is 580 g/mol. The summed E-state index contributed by atoms with van der Waals surface area (Å²) in [5.74, 6) is 0.348. The maximum Gasteiger partial charge on any atom is 0.258 e. The molecule has 0 aliphatic heterocycles. The summed E-state index contributed by atoms with van der Waals surface area (Å²) < 4.78 is 26.1. The molecule has 0 atom stereocenters. The van der Waals surface area contributed by atoms with Crippen molar-refractivity contribution < 1.29 is 23.5 Å². The van der Waals surface area contributed by atoms with E-state index in [4.69, 9.17) is 32.7 Å². The Morgan fingerprint density at radius 3 is 2.42 bits per heavy atom. The van der Waals surface area contributed by atoms with E-state index in [0.29, 0.717) is 45.5 Å². The predicted octanol–water partition coefficient (Wildman–Crippen LogP) is 5.54. The number of carbonyl (C=O) groups excluding carboxylic acids is 2. The zero-order valence-electron chi connectivity index (χ0n) is 21.2. The molecule has 2 N–H and O–H groups in total. The minimum atomic E-state index is -0.427. The molecule has 0 radical (unpaired) electrons. The number of benzene rings is 3. The molecule has 1 heterocycles. The number of thioether (sulfide) groups is 1. The molecular formula is C27H24Cl2FN5O4S. The van der Waals surface area contributed by atoms with Crippen LogP contribution in [-0.4, -0.2) is 45.5 Å². The van der Waals surface area contributed by atoms with Crippen LogP contribution in [0.3, 0.4) is 0 Å². The molecule has 2 amide bonds. The second-order valence-corrected chi connectivity index (χ2v) is 9.93. The molecule has 4 aromatic rings. The van der Waals surface area contributed by atoms with Crippen molar-refractivity contribution in [2.45, 2.75) is 18.6 Å². The second kappa shape index (κ2) is 14.0. The highest BCUT2D eigenvalue weighted by Gasteiger charge is 2.17. The Kier molecular flexibility index (Phi) is 10.2. The molecule has 0 bridgehead atoms. The lowest BCUT2D eigenvalue weighted by Gasteiger charge is -2.12. The third kappa shape index (κ3) is 8.10. The van der Waals surface area contributed by atoms with Gasteiger partial charge in [0.15, 0.2) is 17.6 Å². The van der Waals surface area contributed by atoms with E-state index in [9.17, 15) is 14.0 Å². The van der Waals surface area contributed by atoms with Crippen molar-refractivity contribution >= 4 is 52.5 Å². The lowest BCUT2D eigenvalue weighted by molar-refractivity contribution is -0.123. The summed E-state index contributed by atoms with van der Waals surface area (Å²) in [6, 6.07) is 17.4. The van der Waals surface area contributed by atoms with Gasteiger partial charge in [-0.3, -0.25) is 14.2 Å². The second-order valence-electron chi connectivity index (χ2n) is 8.15. The van der Waals surface area contributed by atoms with E-state index in [1.54, 1.807) is 53.1 Å². The molecule has 0 saturated heterocycles. The molecule has 0 fully saturated rings. The summed E-state index contributed by atoms with van der Waals surface area (Å²) in [6.07, 6.45) is 0. The van der Waals surface area contributed by atoms with Crippen LogP contribution in [0.25, 0.3) is 5.69 Å². The van der Waals surface area contributed by atoms with Crippen molar-refractivity contribution in [2.75, 3.05) is 24.3 Å². The number of nitrogens with one attached hydrogen (secondary N) is 2. The molecule has 0 unspecified atom stereocenters. The zero-order valence-corrected chi connectivity index (χ0v) is 23.5. The lowest BCUT2D eigenvalue weighted by atomic mass is 10.3. The van der Waals surface area contributed by atoms with Gasteiger partial charge < -0.3 is 20.1 Å². The van der Waals surface area contributed by atoms with Crippen LogP contribution in [0.4, 0.5) is 10.1 Å². The van der Waals surface area contributed by atoms with E-state index in [1.165, 1.54) is 18.2 Å². The first kappa shape index (κ1) is 29.2. The fourth-order valence-electron chi connectivity index (χ4n) is 3.45. The minimum absolute atomic E-state index is 0.000143. The van der Waals surface area contributed by atoms with Gasteiger partial charge in [0.1, 0.15) is 17.3 Å².